The maximum Gasteiger partial charge on any atom is 0.327 e. The first-order chi connectivity index (χ1) is 7.84. The lowest BCUT2D eigenvalue weighted by Crippen LogP contribution is -2.46. The molecule has 0 saturated carbocycles. The smallest absolute Gasteiger partial charge is 0.312 e. The predicted molar refractivity (Wildman–Crippen MR) is 65.5 cm³/mol. The maximum atomic E-state index is 12.3. The van der Waals surface area contributed by atoms with Crippen LogP contribution in [0.15, 0.2) is 0 Å². The number of amides is 3. The Morgan fingerprint density at radius 3 is 2.41 bits per heavy atom. The molecule has 17 heavy (non-hydrogen) atoms. The number of hydrogen-bond acceptors (Lipinski definition) is 2. The lowest BCUT2D eigenvalue weighted by Gasteiger charge is -2.33. The minimum Gasteiger partial charge on any atom is -0.312 e. The van der Waals surface area contributed by atoms with Crippen molar-refractivity contribution in [2.24, 2.45) is 5.41 Å². The summed E-state index contributed by atoms with van der Waals surface area (Å²) < 4.78 is 0. The summed E-state index contributed by atoms with van der Waals surface area (Å²) in [4.78, 5) is 27.8. The number of urea groups is 1. The molecule has 0 aromatic rings. The van der Waals surface area contributed by atoms with Crippen molar-refractivity contribution < 1.29 is 9.59 Å². The molecule has 3 amide bonds. The van der Waals surface area contributed by atoms with Crippen molar-refractivity contribution >= 4 is 11.9 Å². The number of carbonyl (C=O) groups excluding carboxylic acids is 2. The molecule has 2 aliphatic rings. The van der Waals surface area contributed by atoms with Crippen LogP contribution >= 0.6 is 0 Å². The Balaban J connectivity index is 2.24. The first kappa shape index (κ1) is 12.4. The summed E-state index contributed by atoms with van der Waals surface area (Å²) in [5.74, 6) is 0.0112. The standard InChI is InChI=1S/C13H22N2O2/c1-9(13(2,3)4)15-11(16)10-7-5-6-8-14(10)12(15)17/h9-10H,5-8H2,1-4H3/t9-,10-/m1/s1. The summed E-state index contributed by atoms with van der Waals surface area (Å²) >= 11 is 0. The monoisotopic (exact) mass is 238 g/mol. The van der Waals surface area contributed by atoms with Crippen molar-refractivity contribution in [3.63, 3.8) is 0 Å². The summed E-state index contributed by atoms with van der Waals surface area (Å²) in [6.45, 7) is 8.90. The van der Waals surface area contributed by atoms with Crippen LogP contribution in [0.4, 0.5) is 4.79 Å². The van der Waals surface area contributed by atoms with Gasteiger partial charge in [0.05, 0.1) is 0 Å². The third-order valence-electron chi connectivity index (χ3n) is 4.12. The molecule has 0 aliphatic carbocycles. The maximum absolute atomic E-state index is 12.3. The minimum absolute atomic E-state index is 0.0112. The topological polar surface area (TPSA) is 40.6 Å². The van der Waals surface area contributed by atoms with Crippen LogP contribution in [0.2, 0.25) is 0 Å². The van der Waals surface area contributed by atoms with Gasteiger partial charge in [-0.3, -0.25) is 9.69 Å². The van der Waals surface area contributed by atoms with Gasteiger partial charge in [0.15, 0.2) is 0 Å². The second-order valence-corrected chi connectivity index (χ2v) is 6.24. The molecule has 0 N–H and O–H groups in total. The molecule has 4 heteroatoms. The van der Waals surface area contributed by atoms with Gasteiger partial charge in [0.2, 0.25) is 0 Å². The molecular formula is C13H22N2O2. The van der Waals surface area contributed by atoms with Crippen LogP contribution in [0.5, 0.6) is 0 Å². The molecule has 0 unspecified atom stereocenters. The van der Waals surface area contributed by atoms with E-state index in [4.69, 9.17) is 0 Å². The highest BCUT2D eigenvalue weighted by Crippen LogP contribution is 2.33. The van der Waals surface area contributed by atoms with Crippen LogP contribution in [0.3, 0.4) is 0 Å². The summed E-state index contributed by atoms with van der Waals surface area (Å²) in [5.41, 5.74) is -0.0695. The lowest BCUT2D eigenvalue weighted by atomic mass is 9.87. The summed E-state index contributed by atoms with van der Waals surface area (Å²) in [6.07, 6.45) is 2.91. The highest BCUT2D eigenvalue weighted by atomic mass is 16.2. The normalized spacial score (nSPS) is 27.4. The summed E-state index contributed by atoms with van der Waals surface area (Å²) in [7, 11) is 0. The van der Waals surface area contributed by atoms with E-state index in [1.807, 2.05) is 6.92 Å². The third-order valence-corrected chi connectivity index (χ3v) is 4.12. The van der Waals surface area contributed by atoms with E-state index < -0.39 is 0 Å². The van der Waals surface area contributed by atoms with E-state index in [-0.39, 0.29) is 29.4 Å². The van der Waals surface area contributed by atoms with E-state index in [9.17, 15) is 9.59 Å². The Morgan fingerprint density at radius 1 is 1.24 bits per heavy atom. The molecule has 2 aliphatic heterocycles. The molecule has 2 rings (SSSR count). The molecule has 0 spiro atoms. The molecule has 96 valence electrons. The molecule has 0 aromatic carbocycles. The molecule has 2 saturated heterocycles. The van der Waals surface area contributed by atoms with Crippen LogP contribution in [-0.2, 0) is 4.79 Å². The van der Waals surface area contributed by atoms with E-state index in [0.717, 1.165) is 25.8 Å². The molecule has 4 nitrogen and oxygen atoms in total. The number of imide groups is 1. The fourth-order valence-electron chi connectivity index (χ4n) is 2.55. The van der Waals surface area contributed by atoms with Crippen molar-refractivity contribution in [3.05, 3.63) is 0 Å². The molecule has 2 fully saturated rings. The number of fused-ring (bicyclic) bond motifs is 1. The van der Waals surface area contributed by atoms with Crippen molar-refractivity contribution in [2.45, 2.75) is 59.0 Å². The molecule has 0 aromatic heterocycles. The van der Waals surface area contributed by atoms with E-state index >= 15 is 0 Å². The molecule has 0 radical (unpaired) electrons. The highest BCUT2D eigenvalue weighted by Gasteiger charge is 2.49. The second-order valence-electron chi connectivity index (χ2n) is 6.24. The van der Waals surface area contributed by atoms with Gasteiger partial charge in [-0.2, -0.15) is 0 Å². The quantitative estimate of drug-likeness (QED) is 0.657. The molecular weight excluding hydrogens is 216 g/mol. The number of hydrogen-bond donors (Lipinski definition) is 0. The second kappa shape index (κ2) is 4.00. The first-order valence-electron chi connectivity index (χ1n) is 6.47. The van der Waals surface area contributed by atoms with Gasteiger partial charge in [-0.25, -0.2) is 4.79 Å². The highest BCUT2D eigenvalue weighted by molar-refractivity contribution is 6.04. The summed E-state index contributed by atoms with van der Waals surface area (Å²) in [6, 6.07) is -0.309. The van der Waals surface area contributed by atoms with E-state index in [2.05, 4.69) is 20.8 Å². The van der Waals surface area contributed by atoms with Crippen LogP contribution in [0, 0.1) is 5.41 Å². The number of rotatable bonds is 1. The molecule has 2 atom stereocenters. The predicted octanol–water partition coefficient (Wildman–Crippen LogP) is 2.24. The zero-order chi connectivity index (χ0) is 12.8. The Hall–Kier alpha value is -1.06. The number of carbonyl (C=O) groups is 2. The van der Waals surface area contributed by atoms with Crippen molar-refractivity contribution in [2.75, 3.05) is 6.54 Å². The van der Waals surface area contributed by atoms with Crippen LogP contribution in [-0.4, -0.2) is 40.4 Å². The van der Waals surface area contributed by atoms with Crippen molar-refractivity contribution in [1.82, 2.24) is 9.80 Å². The van der Waals surface area contributed by atoms with Crippen molar-refractivity contribution in [1.29, 1.82) is 0 Å². The van der Waals surface area contributed by atoms with Gasteiger partial charge in [-0.1, -0.05) is 20.8 Å². The van der Waals surface area contributed by atoms with Crippen molar-refractivity contribution in [3.8, 4) is 0 Å². The Kier molecular flexibility index (Phi) is 2.92. The van der Waals surface area contributed by atoms with E-state index in [0.29, 0.717) is 0 Å². The average molecular weight is 238 g/mol. The van der Waals surface area contributed by atoms with E-state index in [1.165, 1.54) is 4.90 Å². The van der Waals surface area contributed by atoms with Gasteiger partial charge in [-0.05, 0) is 31.6 Å². The number of nitrogens with zero attached hydrogens (tertiary/aromatic N) is 2. The lowest BCUT2D eigenvalue weighted by molar-refractivity contribution is -0.131. The van der Waals surface area contributed by atoms with Gasteiger partial charge in [0, 0.05) is 12.6 Å². The average Bonchev–Trinajstić information content (AvgIpc) is 2.51. The van der Waals surface area contributed by atoms with E-state index in [1.54, 1.807) is 4.90 Å². The fraction of sp³-hybridized carbons (Fsp3) is 0.846. The zero-order valence-electron chi connectivity index (χ0n) is 11.2. The Labute approximate surface area is 103 Å². The van der Waals surface area contributed by atoms with Gasteiger partial charge < -0.3 is 4.90 Å². The SMILES string of the molecule is C[C@@H](N1C(=O)[C@H]2CCCCN2C1=O)C(C)(C)C. The van der Waals surface area contributed by atoms with Gasteiger partial charge in [0.1, 0.15) is 6.04 Å². The first-order valence-corrected chi connectivity index (χ1v) is 6.47. The third kappa shape index (κ3) is 1.94. The largest absolute Gasteiger partial charge is 0.327 e. The number of piperidine rings is 1. The van der Waals surface area contributed by atoms with Crippen LogP contribution < -0.4 is 0 Å². The van der Waals surface area contributed by atoms with Crippen LogP contribution in [0.1, 0.15) is 47.0 Å². The van der Waals surface area contributed by atoms with Crippen LogP contribution in [0.25, 0.3) is 0 Å². The molecule has 0 bridgehead atoms. The minimum atomic E-state index is -0.180. The summed E-state index contributed by atoms with van der Waals surface area (Å²) in [5, 5.41) is 0. The van der Waals surface area contributed by atoms with Gasteiger partial charge in [0.25, 0.3) is 5.91 Å². The zero-order valence-corrected chi connectivity index (χ0v) is 11.2. The van der Waals surface area contributed by atoms with Gasteiger partial charge >= 0.3 is 6.03 Å². The van der Waals surface area contributed by atoms with Gasteiger partial charge in [-0.15, -0.1) is 0 Å². The molecule has 2 heterocycles. The Bertz CT molecular complexity index is 322. The fourth-order valence-corrected chi connectivity index (χ4v) is 2.55. The Morgan fingerprint density at radius 2 is 1.88 bits per heavy atom.